The molecule has 0 radical (unpaired) electrons. The molecule has 0 atom stereocenters. The van der Waals surface area contributed by atoms with Gasteiger partial charge in [0.1, 0.15) is 5.75 Å². The molecule has 4 nitrogen and oxygen atoms in total. The Hall–Kier alpha value is -1.26. The molecule has 0 aliphatic rings. The maximum atomic E-state index is 10.7. The van der Waals surface area contributed by atoms with Crippen molar-refractivity contribution < 1.29 is 14.6 Å². The van der Waals surface area contributed by atoms with Gasteiger partial charge in [-0.3, -0.25) is 9.69 Å². The minimum absolute atomic E-state index is 0.0643. The largest absolute Gasteiger partial charge is 0.493 e. The molecule has 19 heavy (non-hydrogen) atoms. The van der Waals surface area contributed by atoms with Gasteiger partial charge in [-0.2, -0.15) is 0 Å². The third-order valence-electron chi connectivity index (χ3n) is 2.72. The van der Waals surface area contributed by atoms with Crippen LogP contribution in [0, 0.1) is 0 Å². The summed E-state index contributed by atoms with van der Waals surface area (Å²) >= 11 is 5.85. The third-order valence-corrected chi connectivity index (χ3v) is 2.96. The Morgan fingerprint density at radius 1 is 1.47 bits per heavy atom. The number of ether oxygens (including phenoxy) is 1. The van der Waals surface area contributed by atoms with Gasteiger partial charge in [0.05, 0.1) is 13.2 Å². The van der Waals surface area contributed by atoms with E-state index in [1.165, 1.54) is 0 Å². The Kier molecular flexibility index (Phi) is 6.67. The van der Waals surface area contributed by atoms with Crippen molar-refractivity contribution in [3.05, 3.63) is 29.3 Å². The normalized spacial score (nSPS) is 11.0. The predicted octanol–water partition coefficient (Wildman–Crippen LogP) is 2.90. The Balaban J connectivity index is 2.30. The van der Waals surface area contributed by atoms with E-state index in [0.717, 1.165) is 12.2 Å². The van der Waals surface area contributed by atoms with Crippen LogP contribution >= 0.6 is 11.6 Å². The lowest BCUT2D eigenvalue weighted by molar-refractivity contribution is -0.138. The first-order valence-corrected chi connectivity index (χ1v) is 6.71. The number of rotatable bonds is 8. The SMILES string of the molecule is CC(C)N(CCCOc1cccc(Cl)c1)CC(=O)O. The summed E-state index contributed by atoms with van der Waals surface area (Å²) in [7, 11) is 0. The Morgan fingerprint density at radius 3 is 2.79 bits per heavy atom. The minimum atomic E-state index is -0.801. The fourth-order valence-electron chi connectivity index (χ4n) is 1.71. The van der Waals surface area contributed by atoms with Crippen molar-refractivity contribution in [2.75, 3.05) is 19.7 Å². The van der Waals surface area contributed by atoms with Crippen molar-refractivity contribution >= 4 is 17.6 Å². The van der Waals surface area contributed by atoms with Gasteiger partial charge in [-0.1, -0.05) is 17.7 Å². The molecule has 0 bridgehead atoms. The molecule has 0 saturated heterocycles. The van der Waals surface area contributed by atoms with E-state index in [2.05, 4.69) is 0 Å². The predicted molar refractivity (Wildman–Crippen MR) is 75.9 cm³/mol. The zero-order valence-electron chi connectivity index (χ0n) is 11.3. The van der Waals surface area contributed by atoms with Gasteiger partial charge in [0.15, 0.2) is 0 Å². The average Bonchev–Trinajstić information content (AvgIpc) is 2.32. The molecule has 1 aromatic carbocycles. The van der Waals surface area contributed by atoms with Gasteiger partial charge in [0, 0.05) is 17.6 Å². The van der Waals surface area contributed by atoms with Crippen LogP contribution in [0.15, 0.2) is 24.3 Å². The number of aliphatic carboxylic acids is 1. The number of nitrogens with zero attached hydrogens (tertiary/aromatic N) is 1. The molecule has 0 aliphatic heterocycles. The van der Waals surface area contributed by atoms with E-state index in [0.29, 0.717) is 18.2 Å². The Bertz CT molecular complexity index is 409. The standard InChI is InChI=1S/C14H20ClNO3/c1-11(2)16(10-14(17)18)7-4-8-19-13-6-3-5-12(15)9-13/h3,5-6,9,11H,4,7-8,10H2,1-2H3,(H,17,18). The van der Waals surface area contributed by atoms with Crippen molar-refractivity contribution in [1.82, 2.24) is 4.90 Å². The first-order valence-electron chi connectivity index (χ1n) is 6.33. The molecule has 0 spiro atoms. The molecule has 0 unspecified atom stereocenters. The molecule has 0 heterocycles. The number of halogens is 1. The highest BCUT2D eigenvalue weighted by Gasteiger charge is 2.12. The van der Waals surface area contributed by atoms with Gasteiger partial charge < -0.3 is 9.84 Å². The van der Waals surface area contributed by atoms with Crippen LogP contribution < -0.4 is 4.74 Å². The lowest BCUT2D eigenvalue weighted by atomic mass is 10.3. The minimum Gasteiger partial charge on any atom is -0.493 e. The third kappa shape index (κ3) is 6.45. The average molecular weight is 286 g/mol. The molecule has 0 saturated carbocycles. The number of hydrogen-bond donors (Lipinski definition) is 1. The van der Waals surface area contributed by atoms with Gasteiger partial charge in [0.25, 0.3) is 0 Å². The Labute approximate surface area is 118 Å². The van der Waals surface area contributed by atoms with E-state index >= 15 is 0 Å². The molecule has 1 rings (SSSR count). The quantitative estimate of drug-likeness (QED) is 0.746. The van der Waals surface area contributed by atoms with Crippen molar-refractivity contribution in [3.8, 4) is 5.75 Å². The van der Waals surface area contributed by atoms with Crippen molar-refractivity contribution in [2.45, 2.75) is 26.3 Å². The number of carboxylic acid groups (broad SMARTS) is 1. The van der Waals surface area contributed by atoms with E-state index in [-0.39, 0.29) is 12.6 Å². The fraction of sp³-hybridized carbons (Fsp3) is 0.500. The van der Waals surface area contributed by atoms with Crippen LogP contribution in [0.3, 0.4) is 0 Å². The van der Waals surface area contributed by atoms with Crippen molar-refractivity contribution in [3.63, 3.8) is 0 Å². The van der Waals surface area contributed by atoms with E-state index < -0.39 is 5.97 Å². The molecule has 1 aromatic rings. The first kappa shape index (κ1) is 15.8. The van der Waals surface area contributed by atoms with Crippen LogP contribution in [0.25, 0.3) is 0 Å². The summed E-state index contributed by atoms with van der Waals surface area (Å²) < 4.78 is 5.56. The van der Waals surface area contributed by atoms with Gasteiger partial charge in [0.2, 0.25) is 0 Å². The van der Waals surface area contributed by atoms with Crippen LogP contribution in [0.1, 0.15) is 20.3 Å². The van der Waals surface area contributed by atoms with Gasteiger partial charge in [-0.05, 0) is 38.5 Å². The second-order valence-corrected chi connectivity index (χ2v) is 5.05. The number of hydrogen-bond acceptors (Lipinski definition) is 3. The Morgan fingerprint density at radius 2 is 2.21 bits per heavy atom. The monoisotopic (exact) mass is 285 g/mol. The lowest BCUT2D eigenvalue weighted by Crippen LogP contribution is -2.36. The molecular formula is C14H20ClNO3. The molecule has 0 aliphatic carbocycles. The molecule has 106 valence electrons. The molecule has 5 heteroatoms. The summed E-state index contributed by atoms with van der Waals surface area (Å²) in [5.74, 6) is -0.0636. The van der Waals surface area contributed by atoms with E-state index in [9.17, 15) is 4.79 Å². The zero-order valence-corrected chi connectivity index (χ0v) is 12.1. The van der Waals surface area contributed by atoms with Crippen LogP contribution in [0.4, 0.5) is 0 Å². The highest BCUT2D eigenvalue weighted by atomic mass is 35.5. The first-order chi connectivity index (χ1) is 8.99. The zero-order chi connectivity index (χ0) is 14.3. The van der Waals surface area contributed by atoms with Crippen LogP contribution in [0.2, 0.25) is 5.02 Å². The summed E-state index contributed by atoms with van der Waals surface area (Å²) in [5.41, 5.74) is 0. The highest BCUT2D eigenvalue weighted by Crippen LogP contribution is 2.17. The topological polar surface area (TPSA) is 49.8 Å². The number of carboxylic acids is 1. The van der Waals surface area contributed by atoms with Gasteiger partial charge in [-0.25, -0.2) is 0 Å². The van der Waals surface area contributed by atoms with Gasteiger partial charge >= 0.3 is 5.97 Å². The molecular weight excluding hydrogens is 266 g/mol. The van der Waals surface area contributed by atoms with Crippen LogP contribution in [0.5, 0.6) is 5.75 Å². The van der Waals surface area contributed by atoms with Crippen LogP contribution in [-0.4, -0.2) is 41.7 Å². The summed E-state index contributed by atoms with van der Waals surface area (Å²) in [6.07, 6.45) is 0.776. The van der Waals surface area contributed by atoms with Crippen molar-refractivity contribution in [2.24, 2.45) is 0 Å². The summed E-state index contributed by atoms with van der Waals surface area (Å²) in [4.78, 5) is 12.6. The maximum Gasteiger partial charge on any atom is 0.317 e. The van der Waals surface area contributed by atoms with Crippen LogP contribution in [-0.2, 0) is 4.79 Å². The smallest absolute Gasteiger partial charge is 0.317 e. The number of benzene rings is 1. The fourth-order valence-corrected chi connectivity index (χ4v) is 1.89. The second-order valence-electron chi connectivity index (χ2n) is 4.62. The summed E-state index contributed by atoms with van der Waals surface area (Å²) in [6.45, 7) is 5.28. The highest BCUT2D eigenvalue weighted by molar-refractivity contribution is 6.30. The van der Waals surface area contributed by atoms with E-state index in [1.807, 2.05) is 30.9 Å². The molecule has 0 aromatic heterocycles. The molecule has 1 N–H and O–H groups in total. The lowest BCUT2D eigenvalue weighted by Gasteiger charge is -2.24. The van der Waals surface area contributed by atoms with E-state index in [4.69, 9.17) is 21.4 Å². The van der Waals surface area contributed by atoms with E-state index in [1.54, 1.807) is 12.1 Å². The van der Waals surface area contributed by atoms with Gasteiger partial charge in [-0.15, -0.1) is 0 Å². The van der Waals surface area contributed by atoms with Crippen molar-refractivity contribution in [1.29, 1.82) is 0 Å². The molecule has 0 amide bonds. The second kappa shape index (κ2) is 8.02. The summed E-state index contributed by atoms with van der Waals surface area (Å²) in [6, 6.07) is 7.45. The number of carbonyl (C=O) groups is 1. The maximum absolute atomic E-state index is 10.7. The summed E-state index contributed by atoms with van der Waals surface area (Å²) in [5, 5.41) is 9.46. The molecule has 0 fully saturated rings.